The lowest BCUT2D eigenvalue weighted by Gasteiger charge is -2.33. The van der Waals surface area contributed by atoms with E-state index in [2.05, 4.69) is 27.1 Å². The van der Waals surface area contributed by atoms with Gasteiger partial charge >= 0.3 is 0 Å². The van der Waals surface area contributed by atoms with Crippen LogP contribution in [0, 0.1) is 5.92 Å². The fourth-order valence-electron chi connectivity index (χ4n) is 2.87. The standard InChI is InChI=1S/C16H27N5O/c1-4-9-20(3)15(22)12-13-6-10-21(11-7-13)14-5-8-18-16(17-2)19-14/h5,8,13H,4,6-7,9-12H2,1-3H3,(H,17,18,19). The zero-order valence-corrected chi connectivity index (χ0v) is 13.9. The van der Waals surface area contributed by atoms with E-state index in [1.54, 1.807) is 6.20 Å². The molecule has 0 aliphatic carbocycles. The number of rotatable bonds is 6. The van der Waals surface area contributed by atoms with Crippen LogP contribution in [0.5, 0.6) is 0 Å². The molecule has 1 amide bonds. The van der Waals surface area contributed by atoms with E-state index in [9.17, 15) is 4.79 Å². The summed E-state index contributed by atoms with van der Waals surface area (Å²) in [7, 11) is 3.73. The van der Waals surface area contributed by atoms with Crippen LogP contribution in [0.25, 0.3) is 0 Å². The molecule has 6 nitrogen and oxygen atoms in total. The molecule has 0 bridgehead atoms. The lowest BCUT2D eigenvalue weighted by atomic mass is 9.93. The molecule has 0 unspecified atom stereocenters. The lowest BCUT2D eigenvalue weighted by molar-refractivity contribution is -0.131. The zero-order valence-electron chi connectivity index (χ0n) is 13.9. The third-order valence-corrected chi connectivity index (χ3v) is 4.25. The Balaban J connectivity index is 1.83. The van der Waals surface area contributed by atoms with Crippen molar-refractivity contribution in [2.75, 3.05) is 43.9 Å². The highest BCUT2D eigenvalue weighted by molar-refractivity contribution is 5.76. The van der Waals surface area contributed by atoms with E-state index in [0.717, 1.165) is 44.7 Å². The topological polar surface area (TPSA) is 61.4 Å². The minimum atomic E-state index is 0.278. The molecule has 22 heavy (non-hydrogen) atoms. The Bertz CT molecular complexity index is 485. The first-order chi connectivity index (χ1) is 10.6. The van der Waals surface area contributed by atoms with Crippen LogP contribution >= 0.6 is 0 Å². The highest BCUT2D eigenvalue weighted by atomic mass is 16.2. The van der Waals surface area contributed by atoms with E-state index >= 15 is 0 Å². The number of amides is 1. The third kappa shape index (κ3) is 4.32. The number of carbonyl (C=O) groups is 1. The minimum absolute atomic E-state index is 0.278. The maximum atomic E-state index is 12.1. The SMILES string of the molecule is CCCN(C)C(=O)CC1CCN(c2ccnc(NC)n2)CC1. The highest BCUT2D eigenvalue weighted by Gasteiger charge is 2.23. The van der Waals surface area contributed by atoms with Gasteiger partial charge in [0.2, 0.25) is 11.9 Å². The highest BCUT2D eigenvalue weighted by Crippen LogP contribution is 2.24. The van der Waals surface area contributed by atoms with Crippen LogP contribution in [0.15, 0.2) is 12.3 Å². The fourth-order valence-corrected chi connectivity index (χ4v) is 2.87. The Kier molecular flexibility index (Phi) is 5.98. The number of piperidine rings is 1. The van der Waals surface area contributed by atoms with Crippen molar-refractivity contribution in [2.24, 2.45) is 5.92 Å². The molecule has 0 aromatic carbocycles. The first-order valence-corrected chi connectivity index (χ1v) is 8.13. The van der Waals surface area contributed by atoms with E-state index in [0.29, 0.717) is 18.3 Å². The molecule has 6 heteroatoms. The molecule has 0 radical (unpaired) electrons. The average Bonchev–Trinajstić information content (AvgIpc) is 2.55. The van der Waals surface area contributed by atoms with E-state index in [-0.39, 0.29) is 5.91 Å². The molecule has 2 heterocycles. The van der Waals surface area contributed by atoms with Crippen LogP contribution in [-0.2, 0) is 4.79 Å². The van der Waals surface area contributed by atoms with Crippen molar-refractivity contribution in [1.82, 2.24) is 14.9 Å². The van der Waals surface area contributed by atoms with E-state index < -0.39 is 0 Å². The van der Waals surface area contributed by atoms with Crippen LogP contribution in [0.4, 0.5) is 11.8 Å². The number of carbonyl (C=O) groups excluding carboxylic acids is 1. The zero-order chi connectivity index (χ0) is 15.9. The Morgan fingerprint density at radius 3 is 2.82 bits per heavy atom. The van der Waals surface area contributed by atoms with Gasteiger partial charge in [-0.1, -0.05) is 6.92 Å². The predicted molar refractivity (Wildman–Crippen MR) is 89.1 cm³/mol. The molecule has 1 aromatic rings. The summed E-state index contributed by atoms with van der Waals surface area (Å²) in [5, 5.41) is 2.97. The molecule has 0 atom stereocenters. The van der Waals surface area contributed by atoms with Gasteiger partial charge in [-0.25, -0.2) is 4.98 Å². The number of nitrogens with one attached hydrogen (secondary N) is 1. The number of aromatic nitrogens is 2. The molecule has 1 aromatic heterocycles. The summed E-state index contributed by atoms with van der Waals surface area (Å²) in [6, 6.07) is 1.95. The van der Waals surface area contributed by atoms with Gasteiger partial charge < -0.3 is 15.1 Å². The summed E-state index contributed by atoms with van der Waals surface area (Å²) >= 11 is 0. The molecule has 2 rings (SSSR count). The molecule has 0 spiro atoms. The largest absolute Gasteiger partial charge is 0.357 e. The minimum Gasteiger partial charge on any atom is -0.357 e. The summed E-state index contributed by atoms with van der Waals surface area (Å²) in [4.78, 5) is 24.9. The maximum Gasteiger partial charge on any atom is 0.224 e. The molecular weight excluding hydrogens is 278 g/mol. The van der Waals surface area contributed by atoms with Gasteiger partial charge in [-0.05, 0) is 31.2 Å². The summed E-state index contributed by atoms with van der Waals surface area (Å²) in [6.07, 6.45) is 5.57. The van der Waals surface area contributed by atoms with Crippen molar-refractivity contribution in [3.8, 4) is 0 Å². The smallest absolute Gasteiger partial charge is 0.224 e. The second-order valence-electron chi connectivity index (χ2n) is 5.94. The predicted octanol–water partition coefficient (Wildman–Crippen LogP) is 1.99. The van der Waals surface area contributed by atoms with E-state index in [1.165, 1.54) is 0 Å². The van der Waals surface area contributed by atoms with Gasteiger partial charge in [0.1, 0.15) is 5.82 Å². The molecule has 1 fully saturated rings. The van der Waals surface area contributed by atoms with Crippen molar-refractivity contribution < 1.29 is 4.79 Å². The van der Waals surface area contributed by atoms with Gasteiger partial charge in [0.25, 0.3) is 0 Å². The fraction of sp³-hybridized carbons (Fsp3) is 0.688. The normalized spacial score (nSPS) is 15.7. The summed E-state index contributed by atoms with van der Waals surface area (Å²) in [6.45, 7) is 4.86. The molecule has 122 valence electrons. The summed E-state index contributed by atoms with van der Waals surface area (Å²) in [5.74, 6) is 2.39. The van der Waals surface area contributed by atoms with Gasteiger partial charge in [-0.3, -0.25) is 4.79 Å². The van der Waals surface area contributed by atoms with Gasteiger partial charge in [-0.2, -0.15) is 4.98 Å². The van der Waals surface area contributed by atoms with Crippen molar-refractivity contribution in [2.45, 2.75) is 32.6 Å². The first-order valence-electron chi connectivity index (χ1n) is 8.13. The summed E-state index contributed by atoms with van der Waals surface area (Å²) in [5.41, 5.74) is 0. The second kappa shape index (κ2) is 7.96. The van der Waals surface area contributed by atoms with Crippen molar-refractivity contribution >= 4 is 17.7 Å². The number of anilines is 2. The van der Waals surface area contributed by atoms with Crippen molar-refractivity contribution in [1.29, 1.82) is 0 Å². The first kappa shape index (κ1) is 16.5. The molecule has 1 aliphatic rings. The average molecular weight is 305 g/mol. The van der Waals surface area contributed by atoms with Crippen molar-refractivity contribution in [3.05, 3.63) is 12.3 Å². The van der Waals surface area contributed by atoms with Crippen LogP contribution in [0.1, 0.15) is 32.6 Å². The van der Waals surface area contributed by atoms with Crippen LogP contribution in [-0.4, -0.2) is 54.5 Å². The van der Waals surface area contributed by atoms with Crippen LogP contribution < -0.4 is 10.2 Å². The number of hydrogen-bond donors (Lipinski definition) is 1. The number of nitrogens with zero attached hydrogens (tertiary/aromatic N) is 4. The van der Waals surface area contributed by atoms with E-state index in [4.69, 9.17) is 0 Å². The van der Waals surface area contributed by atoms with Gasteiger partial charge in [0.15, 0.2) is 0 Å². The van der Waals surface area contributed by atoms with Gasteiger partial charge in [0.05, 0.1) is 0 Å². The monoisotopic (exact) mass is 305 g/mol. The van der Waals surface area contributed by atoms with Gasteiger partial charge in [-0.15, -0.1) is 0 Å². The Hall–Kier alpha value is -1.85. The van der Waals surface area contributed by atoms with Crippen molar-refractivity contribution in [3.63, 3.8) is 0 Å². The number of hydrogen-bond acceptors (Lipinski definition) is 5. The van der Waals surface area contributed by atoms with Gasteiger partial charge in [0, 0.05) is 46.3 Å². The Labute approximate surface area is 132 Å². The van der Waals surface area contributed by atoms with Crippen LogP contribution in [0.3, 0.4) is 0 Å². The molecule has 1 N–H and O–H groups in total. The summed E-state index contributed by atoms with van der Waals surface area (Å²) < 4.78 is 0. The maximum absolute atomic E-state index is 12.1. The molecule has 1 aliphatic heterocycles. The Morgan fingerprint density at radius 2 is 2.18 bits per heavy atom. The molecular formula is C16H27N5O. The van der Waals surface area contributed by atoms with E-state index in [1.807, 2.05) is 25.1 Å². The van der Waals surface area contributed by atoms with Crippen LogP contribution in [0.2, 0.25) is 0 Å². The Morgan fingerprint density at radius 1 is 1.45 bits per heavy atom. The quantitative estimate of drug-likeness (QED) is 0.871. The molecule has 1 saturated heterocycles. The molecule has 0 saturated carbocycles. The lowest BCUT2D eigenvalue weighted by Crippen LogP contribution is -2.37. The third-order valence-electron chi connectivity index (χ3n) is 4.25. The second-order valence-corrected chi connectivity index (χ2v) is 5.94.